The highest BCUT2D eigenvalue weighted by molar-refractivity contribution is 6.36. The van der Waals surface area contributed by atoms with Crippen LogP contribution in [0.4, 0.5) is 4.39 Å². The van der Waals surface area contributed by atoms with Crippen LogP contribution in [0.5, 0.6) is 0 Å². The van der Waals surface area contributed by atoms with Crippen molar-refractivity contribution in [2.24, 2.45) is 0 Å². The van der Waals surface area contributed by atoms with E-state index in [2.05, 4.69) is 4.98 Å². The second kappa shape index (κ2) is 4.17. The second-order valence-corrected chi connectivity index (χ2v) is 3.83. The van der Waals surface area contributed by atoms with Gasteiger partial charge in [0, 0.05) is 10.6 Å². The lowest BCUT2D eigenvalue weighted by Crippen LogP contribution is -1.85. The molecule has 1 aromatic heterocycles. The summed E-state index contributed by atoms with van der Waals surface area (Å²) in [5, 5.41) is 1.06. The van der Waals surface area contributed by atoms with Crippen LogP contribution in [0.3, 0.4) is 0 Å². The molecule has 0 bridgehead atoms. The molecule has 1 aromatic carbocycles. The van der Waals surface area contributed by atoms with Gasteiger partial charge in [-0.05, 0) is 30.3 Å². The Morgan fingerprint density at radius 3 is 2.47 bits per heavy atom. The lowest BCUT2D eigenvalue weighted by molar-refractivity contribution is 0.622. The zero-order chi connectivity index (χ0) is 10.8. The fourth-order valence-corrected chi connectivity index (χ4v) is 1.74. The number of halogens is 3. The normalized spacial score (nSPS) is 10.3. The predicted molar refractivity (Wildman–Crippen MR) is 59.7 cm³/mol. The monoisotopic (exact) mass is 241 g/mol. The molecule has 2 rings (SSSR count). The van der Waals surface area contributed by atoms with Crippen molar-refractivity contribution in [2.75, 3.05) is 0 Å². The molecule has 0 radical (unpaired) electrons. The molecule has 15 heavy (non-hydrogen) atoms. The maximum absolute atomic E-state index is 12.7. The predicted octanol–water partition coefficient (Wildman–Crippen LogP) is 4.19. The highest BCUT2D eigenvalue weighted by atomic mass is 35.5. The third-order valence-corrected chi connectivity index (χ3v) is 2.48. The van der Waals surface area contributed by atoms with E-state index in [1.165, 1.54) is 6.07 Å². The Morgan fingerprint density at radius 1 is 1.07 bits per heavy atom. The SMILES string of the molecule is Fc1ccc(-c2ccc(Cl)cc2Cl)nc1. The average molecular weight is 242 g/mol. The number of hydrogen-bond donors (Lipinski definition) is 0. The van der Waals surface area contributed by atoms with Crippen molar-refractivity contribution in [3.63, 3.8) is 0 Å². The first-order valence-electron chi connectivity index (χ1n) is 4.24. The molecule has 0 aliphatic rings. The molecule has 0 saturated carbocycles. The Kier molecular flexibility index (Phi) is 2.89. The van der Waals surface area contributed by atoms with E-state index in [1.54, 1.807) is 24.3 Å². The first kappa shape index (κ1) is 10.4. The minimum absolute atomic E-state index is 0.371. The first-order chi connectivity index (χ1) is 7.16. The minimum atomic E-state index is -0.371. The van der Waals surface area contributed by atoms with Gasteiger partial charge in [0.25, 0.3) is 0 Å². The van der Waals surface area contributed by atoms with Crippen molar-refractivity contribution < 1.29 is 4.39 Å². The summed E-state index contributed by atoms with van der Waals surface area (Å²) in [4.78, 5) is 3.94. The molecule has 2 aromatic rings. The van der Waals surface area contributed by atoms with Crippen LogP contribution < -0.4 is 0 Å². The smallest absolute Gasteiger partial charge is 0.141 e. The third-order valence-electron chi connectivity index (χ3n) is 1.93. The molecule has 0 saturated heterocycles. The Hall–Kier alpha value is -1.12. The Bertz CT molecular complexity index is 482. The van der Waals surface area contributed by atoms with Gasteiger partial charge in [0.15, 0.2) is 0 Å². The van der Waals surface area contributed by atoms with Gasteiger partial charge in [0.2, 0.25) is 0 Å². The lowest BCUT2D eigenvalue weighted by atomic mass is 10.1. The Labute approximate surface area is 96.5 Å². The molecule has 0 fully saturated rings. The summed E-state index contributed by atoms with van der Waals surface area (Å²) in [6, 6.07) is 8.01. The van der Waals surface area contributed by atoms with E-state index in [1.807, 2.05) is 0 Å². The van der Waals surface area contributed by atoms with E-state index in [4.69, 9.17) is 23.2 Å². The molecular weight excluding hydrogens is 236 g/mol. The molecule has 1 nitrogen and oxygen atoms in total. The maximum Gasteiger partial charge on any atom is 0.141 e. The zero-order valence-corrected chi connectivity index (χ0v) is 9.06. The molecule has 1 heterocycles. The Balaban J connectivity index is 2.49. The molecule has 76 valence electrons. The maximum atomic E-state index is 12.7. The minimum Gasteiger partial charge on any atom is -0.253 e. The van der Waals surface area contributed by atoms with Gasteiger partial charge in [-0.2, -0.15) is 0 Å². The molecule has 0 aliphatic carbocycles. The summed E-state index contributed by atoms with van der Waals surface area (Å²) in [6.07, 6.45) is 1.15. The summed E-state index contributed by atoms with van der Waals surface area (Å²) in [5.74, 6) is -0.371. The number of rotatable bonds is 1. The van der Waals surface area contributed by atoms with Crippen LogP contribution in [0.25, 0.3) is 11.3 Å². The van der Waals surface area contributed by atoms with Gasteiger partial charge in [-0.3, -0.25) is 4.98 Å². The van der Waals surface area contributed by atoms with Crippen molar-refractivity contribution in [1.29, 1.82) is 0 Å². The highest BCUT2D eigenvalue weighted by Gasteiger charge is 2.05. The lowest BCUT2D eigenvalue weighted by Gasteiger charge is -2.03. The summed E-state index contributed by atoms with van der Waals surface area (Å²) in [7, 11) is 0. The number of pyridine rings is 1. The average Bonchev–Trinajstić information content (AvgIpc) is 2.20. The van der Waals surface area contributed by atoms with E-state index in [0.29, 0.717) is 15.7 Å². The number of benzene rings is 1. The summed E-state index contributed by atoms with van der Waals surface area (Å²) >= 11 is 11.8. The molecule has 0 spiro atoms. The van der Waals surface area contributed by atoms with Crippen LogP contribution in [0.1, 0.15) is 0 Å². The third kappa shape index (κ3) is 2.28. The van der Waals surface area contributed by atoms with E-state index in [-0.39, 0.29) is 5.82 Å². The number of aromatic nitrogens is 1. The van der Waals surface area contributed by atoms with Crippen molar-refractivity contribution in [3.8, 4) is 11.3 Å². The highest BCUT2D eigenvalue weighted by Crippen LogP contribution is 2.28. The molecule has 0 unspecified atom stereocenters. The standard InChI is InChI=1S/C11H6Cl2FN/c12-7-1-3-9(10(13)5-7)11-4-2-8(14)6-15-11/h1-6H. The largest absolute Gasteiger partial charge is 0.253 e. The van der Waals surface area contributed by atoms with E-state index >= 15 is 0 Å². The van der Waals surface area contributed by atoms with Crippen molar-refractivity contribution in [3.05, 3.63) is 52.4 Å². The van der Waals surface area contributed by atoms with Gasteiger partial charge in [-0.1, -0.05) is 23.2 Å². The summed E-state index contributed by atoms with van der Waals surface area (Å²) in [5.41, 5.74) is 1.36. The van der Waals surface area contributed by atoms with Crippen molar-refractivity contribution in [1.82, 2.24) is 4.98 Å². The van der Waals surface area contributed by atoms with Crippen LogP contribution in [-0.4, -0.2) is 4.98 Å². The van der Waals surface area contributed by atoms with E-state index in [0.717, 1.165) is 11.8 Å². The number of hydrogen-bond acceptors (Lipinski definition) is 1. The summed E-state index contributed by atoms with van der Waals surface area (Å²) < 4.78 is 12.7. The van der Waals surface area contributed by atoms with Crippen molar-refractivity contribution in [2.45, 2.75) is 0 Å². The van der Waals surface area contributed by atoms with Gasteiger partial charge in [-0.25, -0.2) is 4.39 Å². The van der Waals surface area contributed by atoms with Gasteiger partial charge in [-0.15, -0.1) is 0 Å². The fourth-order valence-electron chi connectivity index (χ4n) is 1.23. The molecule has 0 amide bonds. The fraction of sp³-hybridized carbons (Fsp3) is 0. The van der Waals surface area contributed by atoms with Crippen LogP contribution in [0.2, 0.25) is 10.0 Å². The van der Waals surface area contributed by atoms with Crippen LogP contribution >= 0.6 is 23.2 Å². The van der Waals surface area contributed by atoms with E-state index < -0.39 is 0 Å². The molecule has 4 heteroatoms. The van der Waals surface area contributed by atoms with Gasteiger partial charge in [0.1, 0.15) is 5.82 Å². The van der Waals surface area contributed by atoms with Crippen LogP contribution in [0, 0.1) is 5.82 Å². The second-order valence-electron chi connectivity index (χ2n) is 2.99. The van der Waals surface area contributed by atoms with Gasteiger partial charge in [0.05, 0.1) is 16.9 Å². The summed E-state index contributed by atoms with van der Waals surface area (Å²) in [6.45, 7) is 0. The molecule has 0 N–H and O–H groups in total. The van der Waals surface area contributed by atoms with Crippen LogP contribution in [0.15, 0.2) is 36.5 Å². The Morgan fingerprint density at radius 2 is 1.87 bits per heavy atom. The van der Waals surface area contributed by atoms with Crippen LogP contribution in [-0.2, 0) is 0 Å². The quantitative estimate of drug-likeness (QED) is 0.730. The molecular formula is C11H6Cl2FN. The molecule has 0 atom stereocenters. The van der Waals surface area contributed by atoms with Gasteiger partial charge >= 0.3 is 0 Å². The van der Waals surface area contributed by atoms with Crippen molar-refractivity contribution >= 4 is 23.2 Å². The first-order valence-corrected chi connectivity index (χ1v) is 4.99. The number of nitrogens with zero attached hydrogens (tertiary/aromatic N) is 1. The molecule has 0 aliphatic heterocycles. The topological polar surface area (TPSA) is 12.9 Å². The zero-order valence-electron chi connectivity index (χ0n) is 7.55. The van der Waals surface area contributed by atoms with Gasteiger partial charge < -0.3 is 0 Å². The van der Waals surface area contributed by atoms with E-state index in [9.17, 15) is 4.39 Å².